The van der Waals surface area contributed by atoms with Crippen LogP contribution in [0.5, 0.6) is 28.7 Å². The number of allylic oxidation sites excluding steroid dienone is 1. The van der Waals surface area contributed by atoms with Crippen molar-refractivity contribution in [2.75, 3.05) is 40.9 Å². The molecule has 0 atom stereocenters. The second-order valence-electron chi connectivity index (χ2n) is 8.19. The molecule has 0 amide bonds. The molecule has 8 heteroatoms. The maximum Gasteiger partial charge on any atom is 0.203 e. The Morgan fingerprint density at radius 3 is 1.95 bits per heavy atom. The number of rotatable bonds is 11. The molecule has 0 radical (unpaired) electrons. The average molecular weight is 515 g/mol. The van der Waals surface area contributed by atoms with Crippen molar-refractivity contribution in [3.8, 4) is 28.7 Å². The van der Waals surface area contributed by atoms with Gasteiger partial charge in [0.2, 0.25) is 5.75 Å². The number of carbonyl (C=O) groups excluding carboxylic acids is 1. The van der Waals surface area contributed by atoms with E-state index in [0.717, 1.165) is 22.0 Å². The number of anilines is 1. The Balaban J connectivity index is 1.60. The predicted molar refractivity (Wildman–Crippen MR) is 150 cm³/mol. The molecule has 0 bridgehead atoms. The molecular weight excluding hydrogens is 484 g/mol. The zero-order valence-corrected chi connectivity index (χ0v) is 22.0. The summed E-state index contributed by atoms with van der Waals surface area (Å²) in [6.45, 7) is 0. The van der Waals surface area contributed by atoms with Gasteiger partial charge in [-0.3, -0.25) is 4.79 Å². The smallest absolute Gasteiger partial charge is 0.203 e. The Morgan fingerprint density at radius 2 is 1.34 bits per heavy atom. The first kappa shape index (κ1) is 26.2. The molecule has 0 saturated heterocycles. The molecule has 2 N–H and O–H groups in total. The average Bonchev–Trinajstić information content (AvgIpc) is 3.39. The highest BCUT2D eigenvalue weighted by atomic mass is 16.5. The van der Waals surface area contributed by atoms with Crippen LogP contribution in [0.1, 0.15) is 21.5 Å². The van der Waals surface area contributed by atoms with Crippen LogP contribution in [-0.2, 0) is 0 Å². The molecule has 0 unspecified atom stereocenters. The van der Waals surface area contributed by atoms with Gasteiger partial charge in [-0.15, -0.1) is 0 Å². The molecule has 0 aliphatic rings. The summed E-state index contributed by atoms with van der Waals surface area (Å²) in [7, 11) is 7.86. The van der Waals surface area contributed by atoms with Gasteiger partial charge in [-0.25, -0.2) is 0 Å². The van der Waals surface area contributed by atoms with Crippen LogP contribution < -0.4 is 29.0 Å². The van der Waals surface area contributed by atoms with Gasteiger partial charge in [0.25, 0.3) is 0 Å². The Kier molecular flexibility index (Phi) is 8.23. The predicted octanol–water partition coefficient (Wildman–Crippen LogP) is 6.19. The van der Waals surface area contributed by atoms with Crippen molar-refractivity contribution in [1.82, 2.24) is 4.98 Å². The molecule has 4 rings (SSSR count). The van der Waals surface area contributed by atoms with Crippen molar-refractivity contribution in [2.24, 2.45) is 0 Å². The first-order chi connectivity index (χ1) is 18.5. The number of ether oxygens (including phenoxy) is 5. The van der Waals surface area contributed by atoms with Crippen LogP contribution in [0.15, 0.2) is 67.0 Å². The molecule has 1 heterocycles. The molecule has 4 aromatic rings. The number of benzene rings is 3. The van der Waals surface area contributed by atoms with Crippen molar-refractivity contribution in [3.05, 3.63) is 83.7 Å². The summed E-state index contributed by atoms with van der Waals surface area (Å²) in [6, 6.07) is 15.2. The molecule has 3 aromatic carbocycles. The largest absolute Gasteiger partial charge is 0.493 e. The molecule has 0 saturated carbocycles. The fourth-order valence-corrected chi connectivity index (χ4v) is 4.15. The normalized spacial score (nSPS) is 11.2. The van der Waals surface area contributed by atoms with Crippen LogP contribution in [0.3, 0.4) is 0 Å². The summed E-state index contributed by atoms with van der Waals surface area (Å²) in [4.78, 5) is 15.9. The molecular formula is C30H30N2O6. The molecule has 8 nitrogen and oxygen atoms in total. The van der Waals surface area contributed by atoms with E-state index in [4.69, 9.17) is 23.7 Å². The maximum absolute atomic E-state index is 12.8. The van der Waals surface area contributed by atoms with Crippen LogP contribution in [0, 0.1) is 0 Å². The van der Waals surface area contributed by atoms with E-state index in [0.29, 0.717) is 40.0 Å². The minimum atomic E-state index is -0.126. The van der Waals surface area contributed by atoms with Crippen molar-refractivity contribution in [3.63, 3.8) is 0 Å². The van der Waals surface area contributed by atoms with Gasteiger partial charge >= 0.3 is 0 Å². The van der Waals surface area contributed by atoms with Crippen LogP contribution in [0.2, 0.25) is 0 Å². The summed E-state index contributed by atoms with van der Waals surface area (Å²) in [5, 5.41) is 4.04. The zero-order valence-electron chi connectivity index (χ0n) is 22.0. The van der Waals surface area contributed by atoms with Crippen LogP contribution in [0.4, 0.5) is 5.69 Å². The first-order valence-electron chi connectivity index (χ1n) is 11.8. The molecule has 38 heavy (non-hydrogen) atoms. The summed E-state index contributed by atoms with van der Waals surface area (Å²) < 4.78 is 27.4. The van der Waals surface area contributed by atoms with E-state index in [1.165, 1.54) is 6.08 Å². The number of hydrogen-bond acceptors (Lipinski definition) is 7. The van der Waals surface area contributed by atoms with E-state index in [1.54, 1.807) is 47.9 Å². The van der Waals surface area contributed by atoms with Gasteiger partial charge in [0.15, 0.2) is 28.8 Å². The number of hydrogen-bond donors (Lipinski definition) is 2. The number of nitrogens with one attached hydrogen (secondary N) is 2. The molecule has 0 fully saturated rings. The highest BCUT2D eigenvalue weighted by Crippen LogP contribution is 2.40. The summed E-state index contributed by atoms with van der Waals surface area (Å²) in [6.07, 6.45) is 8.64. The third-order valence-corrected chi connectivity index (χ3v) is 5.98. The Morgan fingerprint density at radius 1 is 0.763 bits per heavy atom. The van der Waals surface area contributed by atoms with Crippen LogP contribution >= 0.6 is 0 Å². The fraction of sp³-hybridized carbons (Fsp3) is 0.167. The quantitative estimate of drug-likeness (QED) is 0.140. The number of fused-ring (bicyclic) bond motifs is 1. The molecule has 0 aliphatic carbocycles. The van der Waals surface area contributed by atoms with Crippen molar-refractivity contribution in [2.45, 2.75) is 0 Å². The van der Waals surface area contributed by atoms with E-state index >= 15 is 0 Å². The number of H-pyrrole nitrogens is 1. The molecule has 0 spiro atoms. The number of carbonyl (C=O) groups is 1. The van der Waals surface area contributed by atoms with Crippen molar-refractivity contribution < 1.29 is 28.5 Å². The number of aromatic amines is 1. The lowest BCUT2D eigenvalue weighted by molar-refractivity contribution is 0.104. The van der Waals surface area contributed by atoms with E-state index < -0.39 is 0 Å². The fourth-order valence-electron chi connectivity index (χ4n) is 4.15. The van der Waals surface area contributed by atoms with Gasteiger partial charge in [-0.2, -0.15) is 0 Å². The van der Waals surface area contributed by atoms with Crippen LogP contribution in [0.25, 0.3) is 23.1 Å². The molecule has 0 aliphatic heterocycles. The standard InChI is InChI=1S/C30H30N2O6/c1-34-26-15-19(10-11-20-16-27(35-2)30(38-5)28(17-20)36-3)14-24(29(26)37-4)31-13-12-25(33)22-18-32-23-9-7-6-8-21(22)23/h6-18,31-32H,1-5H3. The third-order valence-electron chi connectivity index (χ3n) is 5.98. The lowest BCUT2D eigenvalue weighted by Gasteiger charge is -2.14. The van der Waals surface area contributed by atoms with E-state index in [1.807, 2.05) is 60.7 Å². The van der Waals surface area contributed by atoms with Gasteiger partial charge in [0.1, 0.15) is 0 Å². The second-order valence-corrected chi connectivity index (χ2v) is 8.19. The van der Waals surface area contributed by atoms with Gasteiger partial charge in [0.05, 0.1) is 41.2 Å². The van der Waals surface area contributed by atoms with Gasteiger partial charge in [-0.05, 0) is 41.5 Å². The number of para-hydroxylation sites is 1. The van der Waals surface area contributed by atoms with Gasteiger partial charge < -0.3 is 34.0 Å². The van der Waals surface area contributed by atoms with Gasteiger partial charge in [-0.1, -0.05) is 30.4 Å². The zero-order chi connectivity index (χ0) is 27.1. The minimum absolute atomic E-state index is 0.126. The van der Waals surface area contributed by atoms with E-state index in [9.17, 15) is 4.79 Å². The Hall–Kier alpha value is -4.85. The topological polar surface area (TPSA) is 91.0 Å². The van der Waals surface area contributed by atoms with Crippen molar-refractivity contribution >= 4 is 34.5 Å². The molecule has 196 valence electrons. The minimum Gasteiger partial charge on any atom is -0.493 e. The Labute approximate surface area is 221 Å². The number of aromatic nitrogens is 1. The maximum atomic E-state index is 12.8. The Bertz CT molecular complexity index is 1480. The summed E-state index contributed by atoms with van der Waals surface area (Å²) in [5.74, 6) is 2.58. The second kappa shape index (κ2) is 11.9. The highest BCUT2D eigenvalue weighted by molar-refractivity contribution is 6.13. The van der Waals surface area contributed by atoms with Crippen LogP contribution in [-0.4, -0.2) is 46.3 Å². The first-order valence-corrected chi connectivity index (χ1v) is 11.8. The number of ketones is 1. The third kappa shape index (κ3) is 5.44. The lowest BCUT2D eigenvalue weighted by atomic mass is 10.1. The SMILES string of the molecule is COc1cc(C=Cc2cc(OC)c(OC)c(OC)c2)cc(NC=CC(=O)c2c[nH]c3ccccc23)c1OC. The molecule has 1 aromatic heterocycles. The van der Waals surface area contributed by atoms with Crippen molar-refractivity contribution in [1.29, 1.82) is 0 Å². The monoisotopic (exact) mass is 514 g/mol. The lowest BCUT2D eigenvalue weighted by Crippen LogP contribution is -1.99. The summed E-state index contributed by atoms with van der Waals surface area (Å²) >= 11 is 0. The summed E-state index contributed by atoms with van der Waals surface area (Å²) in [5.41, 5.74) is 3.85. The van der Waals surface area contributed by atoms with E-state index in [2.05, 4.69) is 10.3 Å². The number of methoxy groups -OCH3 is 5. The van der Waals surface area contributed by atoms with Gasteiger partial charge in [0, 0.05) is 34.9 Å². The highest BCUT2D eigenvalue weighted by Gasteiger charge is 2.14. The van der Waals surface area contributed by atoms with E-state index in [-0.39, 0.29) is 5.78 Å².